The van der Waals surface area contributed by atoms with Crippen molar-refractivity contribution in [1.29, 1.82) is 0 Å². The van der Waals surface area contributed by atoms with Gasteiger partial charge in [0.05, 0.1) is 6.54 Å². The number of hydrogen-bond donors (Lipinski definition) is 2. The van der Waals surface area contributed by atoms with Crippen molar-refractivity contribution in [3.8, 4) is 0 Å². The topological polar surface area (TPSA) is 79.5 Å². The highest BCUT2D eigenvalue weighted by atomic mass is 19.3. The number of aliphatic hydroxyl groups is 1. The quantitative estimate of drug-likeness (QED) is 0.829. The second-order valence-electron chi connectivity index (χ2n) is 4.62. The van der Waals surface area contributed by atoms with Crippen LogP contribution in [0.3, 0.4) is 0 Å². The molecule has 1 aliphatic rings. The molecule has 0 spiro atoms. The monoisotopic (exact) mass is 271 g/mol. The summed E-state index contributed by atoms with van der Waals surface area (Å²) >= 11 is 0. The van der Waals surface area contributed by atoms with E-state index >= 15 is 0 Å². The third-order valence-corrected chi connectivity index (χ3v) is 3.15. The van der Waals surface area contributed by atoms with E-state index in [-0.39, 0.29) is 13.0 Å². The maximum atomic E-state index is 13.0. The molecule has 1 amide bonds. The summed E-state index contributed by atoms with van der Waals surface area (Å²) in [6.45, 7) is -0.675. The van der Waals surface area contributed by atoms with E-state index in [1.165, 1.54) is 24.5 Å². The van der Waals surface area contributed by atoms with Crippen LogP contribution in [0.25, 0.3) is 0 Å². The van der Waals surface area contributed by atoms with Gasteiger partial charge in [-0.1, -0.05) is 0 Å². The molecule has 1 fully saturated rings. The Hall–Kier alpha value is -1.60. The van der Waals surface area contributed by atoms with Crippen LogP contribution in [-0.2, 0) is 4.79 Å². The van der Waals surface area contributed by atoms with Gasteiger partial charge in [0, 0.05) is 25.4 Å². The summed E-state index contributed by atoms with van der Waals surface area (Å²) in [5, 5.41) is 9.96. The summed E-state index contributed by atoms with van der Waals surface area (Å²) in [4.78, 5) is 16.7. The second-order valence-corrected chi connectivity index (χ2v) is 4.62. The smallest absolute Gasteiger partial charge is 0.267 e. The molecule has 0 aliphatic carbocycles. The minimum absolute atomic E-state index is 0.0391. The van der Waals surface area contributed by atoms with Crippen LogP contribution in [0.15, 0.2) is 24.5 Å². The first kappa shape index (κ1) is 13.8. The van der Waals surface area contributed by atoms with Crippen LogP contribution in [0, 0.1) is 0 Å². The summed E-state index contributed by atoms with van der Waals surface area (Å²) in [6, 6.07) is 1.79. The molecule has 1 aromatic heterocycles. The third-order valence-electron chi connectivity index (χ3n) is 3.15. The number of nitrogens with two attached hydrogens (primary N) is 1. The number of halogens is 2. The summed E-state index contributed by atoms with van der Waals surface area (Å²) < 4.78 is 26.1. The fourth-order valence-corrected chi connectivity index (χ4v) is 2.04. The van der Waals surface area contributed by atoms with E-state index in [0.717, 1.165) is 4.90 Å². The van der Waals surface area contributed by atoms with Crippen molar-refractivity contribution in [3.05, 3.63) is 30.1 Å². The number of rotatable bonds is 3. The van der Waals surface area contributed by atoms with Gasteiger partial charge in [-0.3, -0.25) is 9.78 Å². The van der Waals surface area contributed by atoms with Gasteiger partial charge in [-0.05, 0) is 17.7 Å². The number of amides is 1. The number of hydrogen-bond acceptors (Lipinski definition) is 4. The predicted molar refractivity (Wildman–Crippen MR) is 63.3 cm³/mol. The van der Waals surface area contributed by atoms with Crippen molar-refractivity contribution in [1.82, 2.24) is 9.88 Å². The number of alkyl halides is 2. The van der Waals surface area contributed by atoms with Crippen LogP contribution in [0.1, 0.15) is 18.1 Å². The molecule has 2 unspecified atom stereocenters. The Morgan fingerprint density at radius 3 is 2.63 bits per heavy atom. The second kappa shape index (κ2) is 5.18. The Bertz CT molecular complexity index is 456. The van der Waals surface area contributed by atoms with E-state index in [0.29, 0.717) is 5.56 Å². The van der Waals surface area contributed by atoms with Gasteiger partial charge in [0.2, 0.25) is 5.91 Å². The molecule has 1 aromatic rings. The highest BCUT2D eigenvalue weighted by Crippen LogP contribution is 2.28. The van der Waals surface area contributed by atoms with Crippen molar-refractivity contribution in [3.63, 3.8) is 0 Å². The van der Waals surface area contributed by atoms with Gasteiger partial charge in [0.15, 0.2) is 0 Å². The average molecular weight is 271 g/mol. The summed E-state index contributed by atoms with van der Waals surface area (Å²) in [6.07, 6.45) is 1.32. The minimum Gasteiger partial charge on any atom is -0.386 e. The summed E-state index contributed by atoms with van der Waals surface area (Å²) in [5.74, 6) is -3.53. The Kier molecular flexibility index (Phi) is 3.77. The molecular weight excluding hydrogens is 256 g/mol. The van der Waals surface area contributed by atoms with Crippen LogP contribution >= 0.6 is 0 Å². The highest BCUT2D eigenvalue weighted by molar-refractivity contribution is 5.82. The number of carbonyl (C=O) groups is 1. The van der Waals surface area contributed by atoms with Gasteiger partial charge < -0.3 is 15.7 Å². The molecule has 2 rings (SSSR count). The summed E-state index contributed by atoms with van der Waals surface area (Å²) in [7, 11) is 0. The molecule has 2 atom stereocenters. The predicted octanol–water partition coefficient (Wildman–Crippen LogP) is 0.310. The lowest BCUT2D eigenvalue weighted by Gasteiger charge is -2.24. The zero-order chi connectivity index (χ0) is 14.0. The van der Waals surface area contributed by atoms with Gasteiger partial charge in [0.1, 0.15) is 12.1 Å². The largest absolute Gasteiger partial charge is 0.386 e. The van der Waals surface area contributed by atoms with E-state index in [4.69, 9.17) is 5.73 Å². The minimum atomic E-state index is -2.86. The molecule has 0 aromatic carbocycles. The molecule has 7 heteroatoms. The van der Waals surface area contributed by atoms with Crippen molar-refractivity contribution in [2.45, 2.75) is 24.5 Å². The molecule has 2 heterocycles. The number of pyridine rings is 1. The maximum Gasteiger partial charge on any atom is 0.267 e. The molecule has 1 aliphatic heterocycles. The fraction of sp³-hybridized carbons (Fsp3) is 0.500. The number of aromatic nitrogens is 1. The average Bonchev–Trinajstić information content (AvgIpc) is 2.77. The lowest BCUT2D eigenvalue weighted by atomic mass is 10.0. The number of aliphatic hydroxyl groups excluding tert-OH is 1. The van der Waals surface area contributed by atoms with E-state index in [1.807, 2.05) is 0 Å². The molecule has 19 heavy (non-hydrogen) atoms. The molecule has 1 saturated heterocycles. The Morgan fingerprint density at radius 1 is 1.47 bits per heavy atom. The van der Waals surface area contributed by atoms with Gasteiger partial charge in [-0.15, -0.1) is 0 Å². The van der Waals surface area contributed by atoms with Gasteiger partial charge in [-0.25, -0.2) is 8.78 Å². The lowest BCUT2D eigenvalue weighted by Crippen LogP contribution is -2.46. The van der Waals surface area contributed by atoms with Gasteiger partial charge in [0.25, 0.3) is 5.92 Å². The SMILES string of the molecule is NC(C(=O)N1CCC(F)(F)C1)C(O)c1ccncc1. The van der Waals surface area contributed by atoms with E-state index < -0.39 is 30.5 Å². The van der Waals surface area contributed by atoms with Crippen molar-refractivity contribution >= 4 is 5.91 Å². The molecule has 104 valence electrons. The Labute approximate surface area is 109 Å². The zero-order valence-corrected chi connectivity index (χ0v) is 10.2. The number of likely N-dealkylation sites (tertiary alicyclic amines) is 1. The fourth-order valence-electron chi connectivity index (χ4n) is 2.04. The first-order valence-corrected chi connectivity index (χ1v) is 5.91. The molecule has 0 saturated carbocycles. The summed E-state index contributed by atoms with van der Waals surface area (Å²) in [5.41, 5.74) is 6.09. The van der Waals surface area contributed by atoms with Crippen LogP contribution < -0.4 is 5.73 Å². The van der Waals surface area contributed by atoms with Crippen molar-refractivity contribution in [2.24, 2.45) is 5.73 Å². The highest BCUT2D eigenvalue weighted by Gasteiger charge is 2.42. The number of carbonyl (C=O) groups excluding carboxylic acids is 1. The van der Waals surface area contributed by atoms with E-state index in [2.05, 4.69) is 4.98 Å². The lowest BCUT2D eigenvalue weighted by molar-refractivity contribution is -0.135. The van der Waals surface area contributed by atoms with Crippen LogP contribution in [0.5, 0.6) is 0 Å². The first-order valence-electron chi connectivity index (χ1n) is 5.91. The van der Waals surface area contributed by atoms with Crippen LogP contribution in [0.4, 0.5) is 8.78 Å². The molecule has 5 nitrogen and oxygen atoms in total. The Balaban J connectivity index is 2.04. The number of nitrogens with zero attached hydrogens (tertiary/aromatic N) is 2. The van der Waals surface area contributed by atoms with Crippen molar-refractivity contribution < 1.29 is 18.7 Å². The van der Waals surface area contributed by atoms with Crippen LogP contribution in [0.2, 0.25) is 0 Å². The molecule has 0 radical (unpaired) electrons. The van der Waals surface area contributed by atoms with E-state index in [1.54, 1.807) is 0 Å². The van der Waals surface area contributed by atoms with Gasteiger partial charge >= 0.3 is 0 Å². The van der Waals surface area contributed by atoms with Crippen molar-refractivity contribution in [2.75, 3.05) is 13.1 Å². The van der Waals surface area contributed by atoms with Gasteiger partial charge in [-0.2, -0.15) is 0 Å². The standard InChI is InChI=1S/C12H15F2N3O2/c13-12(14)3-6-17(7-12)11(19)9(15)10(18)8-1-4-16-5-2-8/h1-2,4-5,9-10,18H,3,6-7,15H2. The zero-order valence-electron chi connectivity index (χ0n) is 10.2. The molecule has 0 bridgehead atoms. The molecular formula is C12H15F2N3O2. The normalized spacial score (nSPS) is 21.2. The third kappa shape index (κ3) is 3.05. The maximum absolute atomic E-state index is 13.0. The first-order chi connectivity index (χ1) is 8.91. The van der Waals surface area contributed by atoms with E-state index in [9.17, 15) is 18.7 Å². The molecule has 3 N–H and O–H groups in total. The Morgan fingerprint density at radius 2 is 2.11 bits per heavy atom. The van der Waals surface area contributed by atoms with Crippen LogP contribution in [-0.4, -0.2) is 46.0 Å².